The van der Waals surface area contributed by atoms with E-state index in [2.05, 4.69) is 86.8 Å². The molecule has 0 aromatic heterocycles. The standard InChI is InChI=1S/C63H112O9/c1-3-5-7-9-11-13-15-17-19-21-23-25-27-28-29-31-33-35-37-39-41-43-45-47-49-51-53-69-55-57(56-70-63-62(68)61(67)60(66)58(54-64)72-63)71-59(65)52-50-48-46-44-42-40-38-36-34-32-30-26-24-22-20-18-16-14-12-10-8-6-4-2/h5,7,11,13,17,19,23,25,28-29,33,35,57-58,60-64,66-68H,3-4,6,8-10,12,14-16,18,20-22,24,26-27,30-32,34,36-56H2,1-2H3/b7-5-,13-11-,19-17-,25-23-,29-28-,35-33-. The minimum absolute atomic E-state index is 0.119. The van der Waals surface area contributed by atoms with Gasteiger partial charge in [0.05, 0.1) is 19.8 Å². The van der Waals surface area contributed by atoms with Gasteiger partial charge < -0.3 is 39.4 Å². The van der Waals surface area contributed by atoms with Gasteiger partial charge in [0.15, 0.2) is 6.29 Å². The van der Waals surface area contributed by atoms with Gasteiger partial charge >= 0.3 is 5.97 Å². The van der Waals surface area contributed by atoms with Gasteiger partial charge in [-0.3, -0.25) is 4.79 Å². The van der Waals surface area contributed by atoms with Gasteiger partial charge in [-0.25, -0.2) is 0 Å². The molecule has 4 N–H and O–H groups in total. The van der Waals surface area contributed by atoms with Crippen LogP contribution in [-0.2, 0) is 23.7 Å². The predicted molar refractivity (Wildman–Crippen MR) is 302 cm³/mol. The monoisotopic (exact) mass is 1010 g/mol. The number of hydrogen-bond acceptors (Lipinski definition) is 9. The van der Waals surface area contributed by atoms with E-state index < -0.39 is 43.4 Å². The molecule has 9 nitrogen and oxygen atoms in total. The van der Waals surface area contributed by atoms with Crippen molar-refractivity contribution in [1.82, 2.24) is 0 Å². The Bertz CT molecular complexity index is 1340. The van der Waals surface area contributed by atoms with Crippen molar-refractivity contribution in [3.8, 4) is 0 Å². The van der Waals surface area contributed by atoms with E-state index in [1.54, 1.807) is 0 Å². The summed E-state index contributed by atoms with van der Waals surface area (Å²) in [5.41, 5.74) is 0. The molecule has 6 atom stereocenters. The summed E-state index contributed by atoms with van der Waals surface area (Å²) in [6.45, 7) is 4.46. The number of rotatable bonds is 52. The first-order chi connectivity index (χ1) is 35.4. The van der Waals surface area contributed by atoms with Crippen LogP contribution in [-0.4, -0.2) is 89.6 Å². The van der Waals surface area contributed by atoms with Crippen molar-refractivity contribution in [3.05, 3.63) is 72.9 Å². The van der Waals surface area contributed by atoms with Gasteiger partial charge in [-0.2, -0.15) is 0 Å². The van der Waals surface area contributed by atoms with Crippen molar-refractivity contribution >= 4 is 5.97 Å². The molecule has 0 spiro atoms. The molecule has 1 saturated heterocycles. The number of hydrogen-bond donors (Lipinski definition) is 4. The molecule has 0 amide bonds. The fourth-order valence-electron chi connectivity index (χ4n) is 9.03. The third kappa shape index (κ3) is 42.9. The van der Waals surface area contributed by atoms with Gasteiger partial charge in [-0.1, -0.05) is 260 Å². The van der Waals surface area contributed by atoms with Crippen molar-refractivity contribution in [3.63, 3.8) is 0 Å². The Hall–Kier alpha value is -2.37. The second-order valence-electron chi connectivity index (χ2n) is 20.4. The Morgan fingerprint density at radius 1 is 0.458 bits per heavy atom. The lowest BCUT2D eigenvalue weighted by molar-refractivity contribution is -0.305. The summed E-state index contributed by atoms with van der Waals surface area (Å²) in [6, 6.07) is 0. The van der Waals surface area contributed by atoms with E-state index in [1.807, 2.05) is 0 Å². The molecule has 0 saturated carbocycles. The van der Waals surface area contributed by atoms with E-state index in [4.69, 9.17) is 18.9 Å². The number of ether oxygens (including phenoxy) is 4. The van der Waals surface area contributed by atoms with Crippen molar-refractivity contribution < 1.29 is 44.2 Å². The lowest BCUT2D eigenvalue weighted by Gasteiger charge is -2.39. The first kappa shape index (κ1) is 67.6. The molecular formula is C63H112O9. The largest absolute Gasteiger partial charge is 0.457 e. The van der Waals surface area contributed by atoms with Crippen LogP contribution >= 0.6 is 0 Å². The SMILES string of the molecule is CC/C=C\C/C=C\C/C=C\C/C=C\C/C=C\C/C=C\CCCCCCCCCOCC(COC1OC(CO)C(O)C(O)C1O)OC(=O)CCCCCCCCCCCCCCCCCCCCCCCCC. The molecule has 1 aliphatic heterocycles. The summed E-state index contributed by atoms with van der Waals surface area (Å²) in [5.74, 6) is -0.315. The number of aliphatic hydroxyl groups excluding tert-OH is 4. The molecule has 72 heavy (non-hydrogen) atoms. The van der Waals surface area contributed by atoms with Crippen LogP contribution in [0.4, 0.5) is 0 Å². The molecule has 1 aliphatic rings. The second kappa shape index (κ2) is 53.5. The molecule has 1 rings (SSSR count). The van der Waals surface area contributed by atoms with Gasteiger partial charge in [0.1, 0.15) is 30.5 Å². The average molecular weight is 1010 g/mol. The Morgan fingerprint density at radius 2 is 0.847 bits per heavy atom. The van der Waals surface area contributed by atoms with Crippen LogP contribution in [0.5, 0.6) is 0 Å². The Balaban J connectivity index is 2.16. The Kier molecular flexibility index (Phi) is 50.2. The minimum atomic E-state index is -1.54. The molecular weight excluding hydrogens is 901 g/mol. The van der Waals surface area contributed by atoms with Crippen LogP contribution in [0.25, 0.3) is 0 Å². The number of aliphatic hydroxyl groups is 4. The zero-order valence-corrected chi connectivity index (χ0v) is 46.4. The van der Waals surface area contributed by atoms with Crippen LogP contribution in [0.1, 0.15) is 258 Å². The molecule has 0 bridgehead atoms. The molecule has 0 aromatic carbocycles. The number of carbonyl (C=O) groups excluding carboxylic acids is 1. The van der Waals surface area contributed by atoms with E-state index in [-0.39, 0.29) is 19.2 Å². The quantitative estimate of drug-likeness (QED) is 0.0267. The molecule has 0 aliphatic carbocycles. The summed E-state index contributed by atoms with van der Waals surface area (Å²) >= 11 is 0. The maximum Gasteiger partial charge on any atom is 0.306 e. The third-order valence-corrected chi connectivity index (χ3v) is 13.6. The molecule has 0 aromatic rings. The Labute approximate surface area is 442 Å². The first-order valence-corrected chi connectivity index (χ1v) is 30.0. The summed E-state index contributed by atoms with van der Waals surface area (Å²) in [5, 5.41) is 40.4. The van der Waals surface area contributed by atoms with Gasteiger partial charge in [0, 0.05) is 13.0 Å². The van der Waals surface area contributed by atoms with E-state index >= 15 is 0 Å². The molecule has 418 valence electrons. The van der Waals surface area contributed by atoms with E-state index in [1.165, 1.54) is 154 Å². The van der Waals surface area contributed by atoms with Crippen LogP contribution in [0.15, 0.2) is 72.9 Å². The summed E-state index contributed by atoms with van der Waals surface area (Å²) in [6.07, 6.45) is 65.2. The molecule has 6 unspecified atom stereocenters. The van der Waals surface area contributed by atoms with E-state index in [0.29, 0.717) is 13.0 Å². The van der Waals surface area contributed by atoms with Gasteiger partial charge in [-0.05, 0) is 64.2 Å². The van der Waals surface area contributed by atoms with Gasteiger partial charge in [0.25, 0.3) is 0 Å². The number of carbonyl (C=O) groups is 1. The number of esters is 1. The molecule has 1 fully saturated rings. The van der Waals surface area contributed by atoms with E-state index in [9.17, 15) is 25.2 Å². The second-order valence-corrected chi connectivity index (χ2v) is 20.4. The van der Waals surface area contributed by atoms with E-state index in [0.717, 1.165) is 83.5 Å². The van der Waals surface area contributed by atoms with Crippen molar-refractivity contribution in [1.29, 1.82) is 0 Å². The molecule has 9 heteroatoms. The summed E-state index contributed by atoms with van der Waals surface area (Å²) in [7, 11) is 0. The molecule has 1 heterocycles. The normalized spacial score (nSPS) is 19.2. The van der Waals surface area contributed by atoms with Gasteiger partial charge in [-0.15, -0.1) is 0 Å². The van der Waals surface area contributed by atoms with Crippen molar-refractivity contribution in [2.75, 3.05) is 26.4 Å². The van der Waals surface area contributed by atoms with Gasteiger partial charge in [0.2, 0.25) is 0 Å². The van der Waals surface area contributed by atoms with Crippen LogP contribution in [0.3, 0.4) is 0 Å². The van der Waals surface area contributed by atoms with Crippen molar-refractivity contribution in [2.24, 2.45) is 0 Å². The fourth-order valence-corrected chi connectivity index (χ4v) is 9.03. The van der Waals surface area contributed by atoms with Crippen LogP contribution in [0, 0.1) is 0 Å². The first-order valence-electron chi connectivity index (χ1n) is 30.0. The highest BCUT2D eigenvalue weighted by Gasteiger charge is 2.44. The van der Waals surface area contributed by atoms with Crippen LogP contribution < -0.4 is 0 Å². The smallest absolute Gasteiger partial charge is 0.306 e. The highest BCUT2D eigenvalue weighted by Crippen LogP contribution is 2.23. The molecule has 0 radical (unpaired) electrons. The number of unbranched alkanes of at least 4 members (excludes halogenated alkanes) is 29. The zero-order valence-electron chi connectivity index (χ0n) is 46.4. The van der Waals surface area contributed by atoms with Crippen LogP contribution in [0.2, 0.25) is 0 Å². The van der Waals surface area contributed by atoms with Crippen molar-refractivity contribution in [2.45, 2.75) is 295 Å². The zero-order chi connectivity index (χ0) is 52.1. The lowest BCUT2D eigenvalue weighted by Crippen LogP contribution is -2.59. The topological polar surface area (TPSA) is 135 Å². The third-order valence-electron chi connectivity index (χ3n) is 13.6. The predicted octanol–water partition coefficient (Wildman–Crippen LogP) is 15.9. The minimum Gasteiger partial charge on any atom is -0.457 e. The Morgan fingerprint density at radius 3 is 1.28 bits per heavy atom. The summed E-state index contributed by atoms with van der Waals surface area (Å²) in [4.78, 5) is 12.9. The lowest BCUT2D eigenvalue weighted by atomic mass is 9.99. The maximum atomic E-state index is 12.9. The highest BCUT2D eigenvalue weighted by molar-refractivity contribution is 5.69. The maximum absolute atomic E-state index is 12.9. The summed E-state index contributed by atoms with van der Waals surface area (Å²) < 4.78 is 23.0. The number of allylic oxidation sites excluding steroid dienone is 12. The fraction of sp³-hybridized carbons (Fsp3) is 0.794. The average Bonchev–Trinajstić information content (AvgIpc) is 3.38. The highest BCUT2D eigenvalue weighted by atomic mass is 16.7.